The van der Waals surface area contributed by atoms with Crippen LogP contribution in [-0.4, -0.2) is 13.1 Å². The van der Waals surface area contributed by atoms with E-state index in [0.717, 1.165) is 24.6 Å². The van der Waals surface area contributed by atoms with E-state index >= 15 is 0 Å². The quantitative estimate of drug-likeness (QED) is 0.773. The lowest BCUT2D eigenvalue weighted by Crippen LogP contribution is -2.12. The highest BCUT2D eigenvalue weighted by Crippen LogP contribution is 2.02. The molecule has 0 aliphatic heterocycles. The lowest BCUT2D eigenvalue weighted by atomic mass is 10.4. The maximum Gasteiger partial charge on any atom is 0.126 e. The highest BCUT2D eigenvalue weighted by atomic mass is 16.3. The van der Waals surface area contributed by atoms with Crippen LogP contribution in [0.3, 0.4) is 0 Å². The predicted octanol–water partition coefficient (Wildman–Crippen LogP) is 3.19. The van der Waals surface area contributed by atoms with Gasteiger partial charge in [-0.15, -0.1) is 0 Å². The van der Waals surface area contributed by atoms with Gasteiger partial charge in [0, 0.05) is 13.1 Å². The normalized spacial score (nSPS) is 11.8. The molecule has 17 heavy (non-hydrogen) atoms. The molecule has 0 spiro atoms. The Morgan fingerprint density at radius 1 is 0.882 bits per heavy atom. The summed E-state index contributed by atoms with van der Waals surface area (Å²) in [6.07, 6.45) is 11.3. The van der Waals surface area contributed by atoms with Gasteiger partial charge < -0.3 is 14.2 Å². The van der Waals surface area contributed by atoms with Crippen LogP contribution in [0.25, 0.3) is 12.2 Å². The number of hydrogen-bond acceptors (Lipinski definition) is 3. The second-order valence-corrected chi connectivity index (χ2v) is 3.49. The lowest BCUT2D eigenvalue weighted by molar-refractivity contribution is 0.556. The first-order valence-corrected chi connectivity index (χ1v) is 5.56. The Hall–Kier alpha value is -2.00. The minimum atomic E-state index is 0.809. The van der Waals surface area contributed by atoms with Crippen molar-refractivity contribution in [3.8, 4) is 0 Å². The standard InChI is InChI=1S/C14H15NO2/c1(5-13-7-3-11-16-13)9-15-10-2-6-14-8-4-12-17-14/h1-8,11-12,15H,9-10H2. The van der Waals surface area contributed by atoms with E-state index in [4.69, 9.17) is 8.83 Å². The number of hydrogen-bond donors (Lipinski definition) is 1. The van der Waals surface area contributed by atoms with Crippen LogP contribution in [0.2, 0.25) is 0 Å². The van der Waals surface area contributed by atoms with E-state index < -0.39 is 0 Å². The van der Waals surface area contributed by atoms with Gasteiger partial charge in [0.25, 0.3) is 0 Å². The van der Waals surface area contributed by atoms with Crippen LogP contribution in [0.4, 0.5) is 0 Å². The fourth-order valence-electron chi connectivity index (χ4n) is 1.37. The van der Waals surface area contributed by atoms with E-state index in [-0.39, 0.29) is 0 Å². The molecule has 0 amide bonds. The van der Waals surface area contributed by atoms with Crippen LogP contribution in [0.15, 0.2) is 57.8 Å². The van der Waals surface area contributed by atoms with Crippen molar-refractivity contribution in [2.24, 2.45) is 0 Å². The Labute approximate surface area is 100 Å². The summed E-state index contributed by atoms with van der Waals surface area (Å²) in [5.41, 5.74) is 0. The molecule has 0 aliphatic rings. The summed E-state index contributed by atoms with van der Waals surface area (Å²) in [7, 11) is 0. The second kappa shape index (κ2) is 6.55. The average Bonchev–Trinajstić information content (AvgIpc) is 3.00. The summed E-state index contributed by atoms with van der Waals surface area (Å²) < 4.78 is 10.3. The first-order valence-electron chi connectivity index (χ1n) is 5.56. The van der Waals surface area contributed by atoms with Gasteiger partial charge in [-0.3, -0.25) is 0 Å². The number of rotatable bonds is 6. The third-order valence-electron chi connectivity index (χ3n) is 2.17. The predicted molar refractivity (Wildman–Crippen MR) is 68.4 cm³/mol. The van der Waals surface area contributed by atoms with E-state index in [1.807, 2.05) is 48.6 Å². The maximum absolute atomic E-state index is 5.17. The van der Waals surface area contributed by atoms with Gasteiger partial charge in [0.2, 0.25) is 0 Å². The zero-order chi connectivity index (χ0) is 11.8. The van der Waals surface area contributed by atoms with Crippen molar-refractivity contribution < 1.29 is 8.83 Å². The van der Waals surface area contributed by atoms with Crippen molar-refractivity contribution in [3.63, 3.8) is 0 Å². The third kappa shape index (κ3) is 4.17. The molecule has 0 radical (unpaired) electrons. The number of furan rings is 2. The Morgan fingerprint density at radius 2 is 1.41 bits per heavy atom. The van der Waals surface area contributed by atoms with Crippen LogP contribution in [0, 0.1) is 0 Å². The molecule has 2 aromatic heterocycles. The van der Waals surface area contributed by atoms with Crippen LogP contribution >= 0.6 is 0 Å². The summed E-state index contributed by atoms with van der Waals surface area (Å²) in [4.78, 5) is 0. The van der Waals surface area contributed by atoms with Gasteiger partial charge in [-0.25, -0.2) is 0 Å². The fraction of sp³-hybridized carbons (Fsp3) is 0.143. The zero-order valence-corrected chi connectivity index (χ0v) is 9.50. The van der Waals surface area contributed by atoms with Gasteiger partial charge in [0.15, 0.2) is 0 Å². The van der Waals surface area contributed by atoms with Crippen molar-refractivity contribution in [2.45, 2.75) is 0 Å². The monoisotopic (exact) mass is 229 g/mol. The van der Waals surface area contributed by atoms with E-state index in [1.165, 1.54) is 0 Å². The maximum atomic E-state index is 5.17. The van der Waals surface area contributed by atoms with Crippen molar-refractivity contribution >= 4 is 12.2 Å². The molecule has 2 rings (SSSR count). The zero-order valence-electron chi connectivity index (χ0n) is 9.50. The summed E-state index contributed by atoms with van der Waals surface area (Å²) in [6, 6.07) is 7.60. The van der Waals surface area contributed by atoms with Gasteiger partial charge in [-0.1, -0.05) is 12.2 Å². The minimum Gasteiger partial charge on any atom is -0.465 e. The molecule has 2 heterocycles. The minimum absolute atomic E-state index is 0.809. The molecule has 88 valence electrons. The van der Waals surface area contributed by atoms with Crippen molar-refractivity contribution in [2.75, 3.05) is 13.1 Å². The Kier molecular flexibility index (Phi) is 4.43. The third-order valence-corrected chi connectivity index (χ3v) is 2.17. The summed E-state index contributed by atoms with van der Waals surface area (Å²) in [5, 5.41) is 3.25. The Bertz CT molecular complexity index is 408. The molecule has 2 aromatic rings. The average molecular weight is 229 g/mol. The molecule has 1 N–H and O–H groups in total. The van der Waals surface area contributed by atoms with Crippen LogP contribution in [-0.2, 0) is 0 Å². The van der Waals surface area contributed by atoms with Crippen LogP contribution < -0.4 is 5.32 Å². The fourth-order valence-corrected chi connectivity index (χ4v) is 1.37. The summed E-state index contributed by atoms with van der Waals surface area (Å²) in [6.45, 7) is 1.62. The molecule has 0 aromatic carbocycles. The summed E-state index contributed by atoms with van der Waals surface area (Å²) >= 11 is 0. The van der Waals surface area contributed by atoms with E-state index in [2.05, 4.69) is 5.32 Å². The largest absolute Gasteiger partial charge is 0.465 e. The lowest BCUT2D eigenvalue weighted by Gasteiger charge is -1.94. The molecule has 0 bridgehead atoms. The van der Waals surface area contributed by atoms with Crippen molar-refractivity contribution in [1.29, 1.82) is 0 Å². The molecular formula is C14H15NO2. The molecule has 0 unspecified atom stereocenters. The SMILES string of the molecule is C(=Cc1ccco1)CNCC=Cc1ccco1. The summed E-state index contributed by atoms with van der Waals surface area (Å²) in [5.74, 6) is 1.75. The smallest absolute Gasteiger partial charge is 0.126 e. The van der Waals surface area contributed by atoms with Gasteiger partial charge >= 0.3 is 0 Å². The first-order chi connectivity index (χ1) is 8.45. The highest BCUT2D eigenvalue weighted by Gasteiger charge is 1.87. The van der Waals surface area contributed by atoms with Crippen LogP contribution in [0.5, 0.6) is 0 Å². The molecule has 3 heteroatoms. The molecule has 0 fully saturated rings. The van der Waals surface area contributed by atoms with E-state index in [1.54, 1.807) is 12.5 Å². The highest BCUT2D eigenvalue weighted by molar-refractivity contribution is 5.43. The Morgan fingerprint density at radius 3 is 1.82 bits per heavy atom. The van der Waals surface area contributed by atoms with Gasteiger partial charge in [-0.2, -0.15) is 0 Å². The van der Waals surface area contributed by atoms with Crippen molar-refractivity contribution in [1.82, 2.24) is 5.32 Å². The van der Waals surface area contributed by atoms with Gasteiger partial charge in [0.1, 0.15) is 11.5 Å². The van der Waals surface area contributed by atoms with Gasteiger partial charge in [0.05, 0.1) is 12.5 Å². The Balaban J connectivity index is 1.61. The van der Waals surface area contributed by atoms with E-state index in [9.17, 15) is 0 Å². The topological polar surface area (TPSA) is 38.3 Å². The molecule has 0 atom stereocenters. The van der Waals surface area contributed by atoms with Gasteiger partial charge in [-0.05, 0) is 36.4 Å². The molecule has 0 saturated heterocycles. The molecule has 0 aliphatic carbocycles. The molecule has 3 nitrogen and oxygen atoms in total. The number of nitrogens with one attached hydrogen (secondary N) is 1. The van der Waals surface area contributed by atoms with Crippen molar-refractivity contribution in [3.05, 3.63) is 60.5 Å². The van der Waals surface area contributed by atoms with E-state index in [0.29, 0.717) is 0 Å². The second-order valence-electron chi connectivity index (χ2n) is 3.49. The molecular weight excluding hydrogens is 214 g/mol. The first kappa shape index (κ1) is 11.5. The van der Waals surface area contributed by atoms with Crippen LogP contribution in [0.1, 0.15) is 11.5 Å². The molecule has 0 saturated carbocycles.